The normalized spacial score (nSPS) is 17.1. The van der Waals surface area contributed by atoms with Gasteiger partial charge in [0.05, 0.1) is 11.8 Å². The van der Waals surface area contributed by atoms with Crippen LogP contribution in [0.4, 0.5) is 5.13 Å². The van der Waals surface area contributed by atoms with Crippen LogP contribution in [0.2, 0.25) is 0 Å². The highest BCUT2D eigenvalue weighted by molar-refractivity contribution is 7.15. The lowest BCUT2D eigenvalue weighted by Crippen LogP contribution is -2.36. The monoisotopic (exact) mass is 283 g/mol. The summed E-state index contributed by atoms with van der Waals surface area (Å²) >= 11 is 1.85. The maximum Gasteiger partial charge on any atom is 0.185 e. The molecule has 2 rings (SSSR count). The molecule has 1 saturated heterocycles. The van der Waals surface area contributed by atoms with Gasteiger partial charge in [0.15, 0.2) is 5.13 Å². The predicted octanol–water partition coefficient (Wildman–Crippen LogP) is 2.43. The van der Waals surface area contributed by atoms with E-state index < -0.39 is 0 Å². The van der Waals surface area contributed by atoms with Crippen molar-refractivity contribution in [1.82, 2.24) is 10.3 Å². The van der Waals surface area contributed by atoms with Crippen LogP contribution in [0.25, 0.3) is 0 Å². The highest BCUT2D eigenvalue weighted by Crippen LogP contribution is 2.29. The van der Waals surface area contributed by atoms with Crippen LogP contribution in [0.3, 0.4) is 0 Å². The molecule has 0 spiro atoms. The molecule has 108 valence electrons. The Bertz CT molecular complexity index is 363. The van der Waals surface area contributed by atoms with E-state index in [1.807, 2.05) is 25.5 Å². The van der Waals surface area contributed by atoms with Gasteiger partial charge in [-0.25, -0.2) is 4.98 Å². The van der Waals surface area contributed by atoms with Crippen molar-refractivity contribution in [2.75, 3.05) is 32.1 Å². The molecule has 5 heteroatoms. The first-order chi connectivity index (χ1) is 9.28. The van der Waals surface area contributed by atoms with Crippen molar-refractivity contribution in [1.29, 1.82) is 0 Å². The second-order valence-corrected chi connectivity index (χ2v) is 6.13. The lowest BCUT2D eigenvalue weighted by atomic mass is 10.1. The molecule has 1 fully saturated rings. The zero-order chi connectivity index (χ0) is 13.7. The summed E-state index contributed by atoms with van der Waals surface area (Å²) in [5.74, 6) is 0. The van der Waals surface area contributed by atoms with Crippen molar-refractivity contribution in [2.24, 2.45) is 0 Å². The molecular weight excluding hydrogens is 258 g/mol. The molecule has 0 atom stereocenters. The zero-order valence-electron chi connectivity index (χ0n) is 12.2. The third kappa shape index (κ3) is 3.68. The number of ether oxygens (including phenoxy) is 1. The molecule has 0 unspecified atom stereocenters. The molecule has 1 aliphatic heterocycles. The lowest BCUT2D eigenvalue weighted by molar-refractivity contribution is 0.0819. The van der Waals surface area contributed by atoms with Gasteiger partial charge in [0.25, 0.3) is 0 Å². The minimum absolute atomic E-state index is 0.433. The van der Waals surface area contributed by atoms with Crippen LogP contribution in [-0.2, 0) is 17.7 Å². The van der Waals surface area contributed by atoms with E-state index in [1.165, 1.54) is 15.7 Å². The van der Waals surface area contributed by atoms with Crippen LogP contribution in [0.1, 0.15) is 36.8 Å². The first-order valence-electron chi connectivity index (χ1n) is 7.19. The topological polar surface area (TPSA) is 37.4 Å². The van der Waals surface area contributed by atoms with E-state index >= 15 is 0 Å². The Morgan fingerprint density at radius 1 is 1.42 bits per heavy atom. The average Bonchev–Trinajstić information content (AvgIpc) is 2.83. The minimum atomic E-state index is 0.433. The molecule has 0 aliphatic carbocycles. The van der Waals surface area contributed by atoms with Crippen LogP contribution >= 0.6 is 11.3 Å². The Hall–Kier alpha value is -0.650. The summed E-state index contributed by atoms with van der Waals surface area (Å²) < 4.78 is 5.43. The van der Waals surface area contributed by atoms with Gasteiger partial charge in [-0.1, -0.05) is 13.3 Å². The summed E-state index contributed by atoms with van der Waals surface area (Å²) in [5, 5.41) is 4.44. The Morgan fingerprint density at radius 3 is 2.74 bits per heavy atom. The number of aryl methyl sites for hydroxylation is 1. The molecular formula is C14H25N3OS. The number of nitrogens with zero attached hydrogens (tertiary/aromatic N) is 2. The van der Waals surface area contributed by atoms with Crippen molar-refractivity contribution in [3.63, 3.8) is 0 Å². The average molecular weight is 283 g/mol. The largest absolute Gasteiger partial charge is 0.381 e. The highest BCUT2D eigenvalue weighted by Gasteiger charge is 2.22. The molecule has 0 amide bonds. The van der Waals surface area contributed by atoms with E-state index in [0.717, 1.165) is 45.3 Å². The standard InChI is InChI=1S/C14H25N3OS/c1-4-5-12-13(10-15-2)19-14(16-12)17-8-6-11(18-3)7-9-17/h11,15H,4-10H2,1-3H3. The predicted molar refractivity (Wildman–Crippen MR) is 81.1 cm³/mol. The van der Waals surface area contributed by atoms with Crippen molar-refractivity contribution >= 4 is 16.5 Å². The van der Waals surface area contributed by atoms with Crippen molar-refractivity contribution in [3.8, 4) is 0 Å². The van der Waals surface area contributed by atoms with Crippen LogP contribution in [0, 0.1) is 0 Å². The van der Waals surface area contributed by atoms with E-state index in [-0.39, 0.29) is 0 Å². The first-order valence-corrected chi connectivity index (χ1v) is 8.01. The van der Waals surface area contributed by atoms with E-state index in [4.69, 9.17) is 9.72 Å². The van der Waals surface area contributed by atoms with Crippen LogP contribution in [0.5, 0.6) is 0 Å². The van der Waals surface area contributed by atoms with E-state index in [0.29, 0.717) is 6.10 Å². The molecule has 1 aliphatic rings. The molecule has 19 heavy (non-hydrogen) atoms. The summed E-state index contributed by atoms with van der Waals surface area (Å²) in [6.45, 7) is 5.28. The molecule has 1 N–H and O–H groups in total. The van der Waals surface area contributed by atoms with Gasteiger partial charge in [0, 0.05) is 31.6 Å². The SMILES string of the molecule is CCCc1nc(N2CCC(OC)CC2)sc1CNC. The summed E-state index contributed by atoms with van der Waals surface area (Å²) in [7, 11) is 3.81. The number of anilines is 1. The lowest BCUT2D eigenvalue weighted by Gasteiger charge is -2.30. The Balaban J connectivity index is 2.05. The van der Waals surface area contributed by atoms with Gasteiger partial charge in [-0.05, 0) is 26.3 Å². The van der Waals surface area contributed by atoms with Crippen molar-refractivity contribution in [2.45, 2.75) is 45.3 Å². The number of methoxy groups -OCH3 is 1. The third-order valence-electron chi connectivity index (χ3n) is 3.64. The maximum absolute atomic E-state index is 5.43. The number of piperidine rings is 1. The fraction of sp³-hybridized carbons (Fsp3) is 0.786. The molecule has 1 aromatic rings. The number of hydrogen-bond donors (Lipinski definition) is 1. The smallest absolute Gasteiger partial charge is 0.185 e. The third-order valence-corrected chi connectivity index (χ3v) is 4.80. The molecule has 0 bridgehead atoms. The second-order valence-electron chi connectivity index (χ2n) is 5.07. The van der Waals surface area contributed by atoms with E-state index in [2.05, 4.69) is 17.1 Å². The Kier molecular flexibility index (Phi) is 5.60. The van der Waals surface area contributed by atoms with Gasteiger partial charge in [-0.2, -0.15) is 0 Å². The van der Waals surface area contributed by atoms with Crippen molar-refractivity contribution < 1.29 is 4.74 Å². The summed E-state index contributed by atoms with van der Waals surface area (Å²) in [6.07, 6.45) is 4.90. The van der Waals surface area contributed by atoms with Gasteiger partial charge in [-0.15, -0.1) is 11.3 Å². The van der Waals surface area contributed by atoms with Crippen LogP contribution in [-0.4, -0.2) is 38.3 Å². The second kappa shape index (κ2) is 7.22. The molecule has 0 radical (unpaired) electrons. The fourth-order valence-corrected chi connectivity index (χ4v) is 3.69. The van der Waals surface area contributed by atoms with Crippen molar-refractivity contribution in [3.05, 3.63) is 10.6 Å². The number of aromatic nitrogens is 1. The number of hydrogen-bond acceptors (Lipinski definition) is 5. The molecule has 0 aromatic carbocycles. The fourth-order valence-electron chi connectivity index (χ4n) is 2.52. The quantitative estimate of drug-likeness (QED) is 0.870. The first kappa shape index (κ1) is 14.8. The summed E-state index contributed by atoms with van der Waals surface area (Å²) in [5.41, 5.74) is 1.28. The molecule has 4 nitrogen and oxygen atoms in total. The van der Waals surface area contributed by atoms with E-state index in [1.54, 1.807) is 0 Å². The zero-order valence-corrected chi connectivity index (χ0v) is 13.1. The molecule has 1 aromatic heterocycles. The Labute approximate surface area is 120 Å². The van der Waals surface area contributed by atoms with Gasteiger partial charge >= 0.3 is 0 Å². The molecule has 0 saturated carbocycles. The summed E-state index contributed by atoms with van der Waals surface area (Å²) in [4.78, 5) is 8.67. The van der Waals surface area contributed by atoms with Gasteiger partial charge < -0.3 is 15.0 Å². The Morgan fingerprint density at radius 2 is 2.16 bits per heavy atom. The maximum atomic E-state index is 5.43. The number of nitrogens with one attached hydrogen (secondary N) is 1. The van der Waals surface area contributed by atoms with Gasteiger partial charge in [0.1, 0.15) is 0 Å². The summed E-state index contributed by atoms with van der Waals surface area (Å²) in [6, 6.07) is 0. The van der Waals surface area contributed by atoms with Crippen LogP contribution < -0.4 is 10.2 Å². The van der Waals surface area contributed by atoms with Gasteiger partial charge in [0.2, 0.25) is 0 Å². The minimum Gasteiger partial charge on any atom is -0.381 e. The van der Waals surface area contributed by atoms with Crippen LogP contribution in [0.15, 0.2) is 0 Å². The molecule has 2 heterocycles. The van der Waals surface area contributed by atoms with Gasteiger partial charge in [-0.3, -0.25) is 0 Å². The highest BCUT2D eigenvalue weighted by atomic mass is 32.1. The van der Waals surface area contributed by atoms with E-state index in [9.17, 15) is 0 Å². The number of thiazole rings is 1. The number of rotatable bonds is 6.